The van der Waals surface area contributed by atoms with Crippen LogP contribution < -0.4 is 0 Å². The Kier molecular flexibility index (Phi) is 29.7. The molecule has 0 saturated heterocycles. The molecule has 1 aliphatic rings. The lowest BCUT2D eigenvalue weighted by molar-refractivity contribution is 0.0621. The Bertz CT molecular complexity index is 2060. The van der Waals surface area contributed by atoms with Gasteiger partial charge in [0, 0.05) is 40.7 Å². The number of imide groups is 1. The van der Waals surface area contributed by atoms with Crippen LogP contribution in [0.2, 0.25) is 0 Å². The van der Waals surface area contributed by atoms with Gasteiger partial charge in [0.15, 0.2) is 0 Å². The van der Waals surface area contributed by atoms with E-state index in [-0.39, 0.29) is 11.8 Å². The molecule has 71 heavy (non-hydrogen) atoms. The van der Waals surface area contributed by atoms with Crippen LogP contribution >= 0.6 is 45.3 Å². The average molecular weight is 1040 g/mol. The van der Waals surface area contributed by atoms with Gasteiger partial charge in [0.25, 0.3) is 11.8 Å². The van der Waals surface area contributed by atoms with Gasteiger partial charge in [-0.05, 0) is 93.7 Å². The van der Waals surface area contributed by atoms with Gasteiger partial charge in [-0.2, -0.15) is 0 Å². The molecule has 0 spiro atoms. The van der Waals surface area contributed by atoms with E-state index in [1.807, 2.05) is 34.0 Å². The fourth-order valence-corrected chi connectivity index (χ4v) is 15.8. The van der Waals surface area contributed by atoms with Crippen molar-refractivity contribution in [2.24, 2.45) is 5.92 Å². The van der Waals surface area contributed by atoms with Crippen LogP contribution in [-0.4, -0.2) is 23.3 Å². The molecule has 5 rings (SSSR count). The van der Waals surface area contributed by atoms with Gasteiger partial charge >= 0.3 is 0 Å². The number of rotatable bonds is 43. The number of unbranched alkanes of at least 4 members (excludes halogenated alkanes) is 30. The molecule has 3 nitrogen and oxygen atoms in total. The zero-order valence-corrected chi connectivity index (χ0v) is 49.6. The molecule has 0 fully saturated rings. The molecule has 0 bridgehead atoms. The SMILES string of the molecule is CCCCCCCCCCCCc1cc(-c2ccc(-c3cc(CCCCCCCCCCCC)c(-c4sc(C)c5c4C(=O)N(CC(CCCCCCCC)CCCCCCCCCC)C5=O)s3)s2)sc1C. The number of hydrogen-bond acceptors (Lipinski definition) is 6. The third-order valence-corrected chi connectivity index (χ3v) is 20.6. The van der Waals surface area contributed by atoms with Gasteiger partial charge in [-0.3, -0.25) is 14.5 Å². The largest absolute Gasteiger partial charge is 0.274 e. The first-order valence-electron chi connectivity index (χ1n) is 30.1. The Morgan fingerprint density at radius 1 is 0.380 bits per heavy atom. The summed E-state index contributed by atoms with van der Waals surface area (Å²) in [5, 5.41) is 0. The zero-order chi connectivity index (χ0) is 50.5. The summed E-state index contributed by atoms with van der Waals surface area (Å²) in [4.78, 5) is 41.1. The first-order chi connectivity index (χ1) is 34.8. The molecule has 4 aromatic rings. The summed E-state index contributed by atoms with van der Waals surface area (Å²) < 4.78 is 0. The van der Waals surface area contributed by atoms with Gasteiger partial charge < -0.3 is 0 Å². The Morgan fingerprint density at radius 2 is 0.761 bits per heavy atom. The van der Waals surface area contributed by atoms with Gasteiger partial charge in [-0.15, -0.1) is 45.3 Å². The second-order valence-corrected chi connectivity index (χ2v) is 26.4. The summed E-state index contributed by atoms with van der Waals surface area (Å²) in [5.74, 6) is 0.304. The molecule has 1 aliphatic heterocycles. The normalized spacial score (nSPS) is 13.1. The lowest BCUT2D eigenvalue weighted by atomic mass is 9.93. The molecule has 0 aromatic carbocycles. The van der Waals surface area contributed by atoms with Crippen LogP contribution in [0.5, 0.6) is 0 Å². The van der Waals surface area contributed by atoms with Crippen LogP contribution in [0, 0.1) is 19.8 Å². The number of hydrogen-bond donors (Lipinski definition) is 0. The monoisotopic (exact) mass is 1040 g/mol. The first-order valence-corrected chi connectivity index (χ1v) is 33.4. The summed E-state index contributed by atoms with van der Waals surface area (Å²) >= 11 is 7.46. The van der Waals surface area contributed by atoms with Crippen LogP contribution in [-0.2, 0) is 12.8 Å². The second kappa shape index (κ2) is 35.2. The van der Waals surface area contributed by atoms with Gasteiger partial charge in [0.2, 0.25) is 0 Å². The minimum Gasteiger partial charge on any atom is -0.274 e. The maximum Gasteiger partial charge on any atom is 0.263 e. The molecule has 1 unspecified atom stereocenters. The van der Waals surface area contributed by atoms with Crippen molar-refractivity contribution >= 4 is 57.2 Å². The van der Waals surface area contributed by atoms with E-state index in [0.29, 0.717) is 23.6 Å². The van der Waals surface area contributed by atoms with Crippen molar-refractivity contribution < 1.29 is 9.59 Å². The third-order valence-electron chi connectivity index (χ3n) is 15.6. The number of carbonyl (C=O) groups is 2. The highest BCUT2D eigenvalue weighted by Crippen LogP contribution is 2.49. The van der Waals surface area contributed by atoms with E-state index < -0.39 is 0 Å². The summed E-state index contributed by atoms with van der Waals surface area (Å²) in [6.45, 7) is 14.2. The number of thiophene rings is 4. The highest BCUT2D eigenvalue weighted by molar-refractivity contribution is 7.28. The van der Waals surface area contributed by atoms with Crippen LogP contribution in [0.15, 0.2) is 24.3 Å². The predicted molar refractivity (Wildman–Crippen MR) is 319 cm³/mol. The molecule has 2 amide bonds. The Hall–Kier alpha value is -2.06. The van der Waals surface area contributed by atoms with Crippen molar-refractivity contribution in [1.29, 1.82) is 0 Å². The number of carbonyl (C=O) groups excluding carboxylic acids is 2. The van der Waals surface area contributed by atoms with E-state index in [9.17, 15) is 9.59 Å². The van der Waals surface area contributed by atoms with Crippen molar-refractivity contribution in [2.45, 2.75) is 286 Å². The minimum absolute atomic E-state index is 0.0341. The number of aryl methyl sites for hydroxylation is 4. The van der Waals surface area contributed by atoms with Crippen molar-refractivity contribution in [1.82, 2.24) is 4.90 Å². The summed E-state index contributed by atoms with van der Waals surface area (Å²) in [6, 6.07) is 9.63. The average Bonchev–Trinajstić information content (AvgIpc) is 4.21. The topological polar surface area (TPSA) is 37.4 Å². The first kappa shape index (κ1) is 59.8. The Balaban J connectivity index is 1.29. The van der Waals surface area contributed by atoms with Crippen molar-refractivity contribution in [3.8, 4) is 29.3 Å². The van der Waals surface area contributed by atoms with Crippen LogP contribution in [0.3, 0.4) is 0 Å². The van der Waals surface area contributed by atoms with E-state index in [1.54, 1.807) is 16.2 Å². The van der Waals surface area contributed by atoms with E-state index in [0.717, 1.165) is 35.4 Å². The molecule has 0 saturated carbocycles. The molecule has 398 valence electrons. The fourth-order valence-electron chi connectivity index (χ4n) is 11.1. The lowest BCUT2D eigenvalue weighted by Gasteiger charge is -2.23. The van der Waals surface area contributed by atoms with Crippen molar-refractivity contribution in [2.75, 3.05) is 6.54 Å². The van der Waals surface area contributed by atoms with E-state index in [4.69, 9.17) is 0 Å². The third kappa shape index (κ3) is 20.2. The van der Waals surface area contributed by atoms with E-state index >= 15 is 0 Å². The lowest BCUT2D eigenvalue weighted by Crippen LogP contribution is -2.35. The zero-order valence-electron chi connectivity index (χ0n) is 46.4. The minimum atomic E-state index is -0.0384. The number of amides is 2. The number of fused-ring (bicyclic) bond motifs is 1. The Labute approximate surface area is 452 Å². The van der Waals surface area contributed by atoms with Gasteiger partial charge in [0.1, 0.15) is 0 Å². The molecule has 5 heterocycles. The molecule has 4 aromatic heterocycles. The fraction of sp³-hybridized carbons (Fsp3) is 0.719. The molecule has 7 heteroatoms. The molecule has 0 N–H and O–H groups in total. The summed E-state index contributed by atoms with van der Waals surface area (Å²) in [7, 11) is 0. The molecule has 1 atom stereocenters. The van der Waals surface area contributed by atoms with E-state index in [1.165, 1.54) is 259 Å². The summed E-state index contributed by atoms with van der Waals surface area (Å²) in [5.41, 5.74) is 4.30. The second-order valence-electron chi connectivity index (χ2n) is 21.8. The quantitative estimate of drug-likeness (QED) is 0.0327. The highest BCUT2D eigenvalue weighted by Gasteiger charge is 2.42. The van der Waals surface area contributed by atoms with Gasteiger partial charge in [0.05, 0.1) is 16.0 Å². The van der Waals surface area contributed by atoms with Gasteiger partial charge in [-0.1, -0.05) is 233 Å². The highest BCUT2D eigenvalue weighted by atomic mass is 32.1. The molecule has 0 aliphatic carbocycles. The number of nitrogens with zero attached hydrogens (tertiary/aromatic N) is 1. The van der Waals surface area contributed by atoms with Gasteiger partial charge in [-0.25, -0.2) is 0 Å². The maximum absolute atomic E-state index is 14.8. The molecular formula is C64H101NO2S4. The predicted octanol–water partition coefficient (Wildman–Crippen LogP) is 23.0. The van der Waals surface area contributed by atoms with Crippen LogP contribution in [0.4, 0.5) is 0 Å². The maximum atomic E-state index is 14.8. The smallest absolute Gasteiger partial charge is 0.263 e. The Morgan fingerprint density at radius 3 is 1.23 bits per heavy atom. The van der Waals surface area contributed by atoms with Crippen molar-refractivity contribution in [3.63, 3.8) is 0 Å². The van der Waals surface area contributed by atoms with Crippen molar-refractivity contribution in [3.05, 3.63) is 56.3 Å². The molecule has 0 radical (unpaired) electrons. The standard InChI is InChI=1S/C64H101NO2S4/c1-7-11-15-19-23-26-28-31-35-39-43-53-47-57(68-50(53)5)55-45-46-56(70-55)58-48-54(44-40-36-32-29-27-24-20-16-12-8-2)61(71-58)62-60-59(51(6)69-62)63(66)65(64(60)67)49-52(41-37-33-22-18-14-10-4)42-38-34-30-25-21-17-13-9-3/h45-48,52H,7-44,49H2,1-6H3. The van der Waals surface area contributed by atoms with E-state index in [2.05, 4.69) is 65.8 Å². The van der Waals surface area contributed by atoms with Crippen LogP contribution in [0.1, 0.15) is 300 Å². The van der Waals surface area contributed by atoms with Crippen LogP contribution in [0.25, 0.3) is 29.3 Å². The summed E-state index contributed by atoms with van der Waals surface area (Å²) in [6.07, 6.45) is 49.5. The molecular weight excluding hydrogens is 943 g/mol.